The van der Waals surface area contributed by atoms with Crippen molar-refractivity contribution in [2.24, 2.45) is 0 Å². The van der Waals surface area contributed by atoms with Crippen LogP contribution < -0.4 is 10.1 Å². The Morgan fingerprint density at radius 2 is 2.11 bits per heavy atom. The highest BCUT2D eigenvalue weighted by Crippen LogP contribution is 2.29. The van der Waals surface area contributed by atoms with Gasteiger partial charge in [-0.2, -0.15) is 0 Å². The smallest absolute Gasteiger partial charge is 0.215 e. The Hall–Kier alpha value is -2.03. The maximum atomic E-state index is 5.19. The van der Waals surface area contributed by atoms with E-state index >= 15 is 0 Å². The van der Waals surface area contributed by atoms with Crippen molar-refractivity contribution in [1.82, 2.24) is 4.98 Å². The Morgan fingerprint density at radius 1 is 1.22 bits per heavy atom. The number of methoxy groups -OCH3 is 1. The topological polar surface area (TPSA) is 34.1 Å². The monoisotopic (exact) mass is 240 g/mol. The predicted octanol–water partition coefficient (Wildman–Crippen LogP) is 3.03. The second-order valence-corrected chi connectivity index (χ2v) is 4.60. The first-order valence-corrected chi connectivity index (χ1v) is 6.16. The lowest BCUT2D eigenvalue weighted by molar-refractivity contribution is 0.394. The SMILES string of the molecule is COc1ncc(-c2ccc3c(c2)CCN3)cc1C. The van der Waals surface area contributed by atoms with Gasteiger partial charge in [0, 0.05) is 29.6 Å². The van der Waals surface area contributed by atoms with Gasteiger partial charge in [0.25, 0.3) is 0 Å². The Bertz CT molecular complexity index is 593. The van der Waals surface area contributed by atoms with Crippen LogP contribution in [0.15, 0.2) is 30.5 Å². The normalized spacial score (nSPS) is 13.0. The van der Waals surface area contributed by atoms with Crippen molar-refractivity contribution in [3.63, 3.8) is 0 Å². The summed E-state index contributed by atoms with van der Waals surface area (Å²) < 4.78 is 5.19. The minimum atomic E-state index is 0.696. The van der Waals surface area contributed by atoms with E-state index in [1.165, 1.54) is 16.8 Å². The Balaban J connectivity index is 2.02. The lowest BCUT2D eigenvalue weighted by Gasteiger charge is -2.08. The van der Waals surface area contributed by atoms with Crippen molar-refractivity contribution in [2.45, 2.75) is 13.3 Å². The summed E-state index contributed by atoms with van der Waals surface area (Å²) in [5.41, 5.74) is 6.07. The standard InChI is InChI=1S/C15H16N2O/c1-10-7-13(9-17-15(10)18-2)11-3-4-14-12(8-11)5-6-16-14/h3-4,7-9,16H,5-6H2,1-2H3. The zero-order chi connectivity index (χ0) is 12.5. The molecule has 1 aromatic heterocycles. The van der Waals surface area contributed by atoms with E-state index < -0.39 is 0 Å². The summed E-state index contributed by atoms with van der Waals surface area (Å²) >= 11 is 0. The zero-order valence-corrected chi connectivity index (χ0v) is 10.7. The molecule has 1 N–H and O–H groups in total. The maximum Gasteiger partial charge on any atom is 0.215 e. The average molecular weight is 240 g/mol. The van der Waals surface area contributed by atoms with Crippen LogP contribution in [0.2, 0.25) is 0 Å². The minimum absolute atomic E-state index is 0.696. The number of benzene rings is 1. The molecule has 0 amide bonds. The number of ether oxygens (including phenoxy) is 1. The molecule has 1 aliphatic heterocycles. The van der Waals surface area contributed by atoms with E-state index in [1.807, 2.05) is 13.1 Å². The Kier molecular flexibility index (Phi) is 2.67. The zero-order valence-electron chi connectivity index (χ0n) is 10.7. The third-order valence-electron chi connectivity index (χ3n) is 3.37. The minimum Gasteiger partial charge on any atom is -0.481 e. The Labute approximate surface area is 107 Å². The summed E-state index contributed by atoms with van der Waals surface area (Å²) in [6.45, 7) is 3.06. The number of hydrogen-bond acceptors (Lipinski definition) is 3. The van der Waals surface area contributed by atoms with E-state index in [-0.39, 0.29) is 0 Å². The van der Waals surface area contributed by atoms with Gasteiger partial charge in [-0.15, -0.1) is 0 Å². The fourth-order valence-corrected chi connectivity index (χ4v) is 2.42. The molecule has 0 fully saturated rings. The number of anilines is 1. The molecule has 1 aliphatic rings. The van der Waals surface area contributed by atoms with Gasteiger partial charge < -0.3 is 10.1 Å². The highest BCUT2D eigenvalue weighted by atomic mass is 16.5. The van der Waals surface area contributed by atoms with Gasteiger partial charge in [-0.25, -0.2) is 4.98 Å². The molecule has 2 aromatic rings. The molecule has 2 heterocycles. The van der Waals surface area contributed by atoms with E-state index in [4.69, 9.17) is 4.74 Å². The fourth-order valence-electron chi connectivity index (χ4n) is 2.42. The lowest BCUT2D eigenvalue weighted by atomic mass is 10.0. The van der Waals surface area contributed by atoms with Gasteiger partial charge >= 0.3 is 0 Å². The van der Waals surface area contributed by atoms with E-state index in [2.05, 4.69) is 34.6 Å². The summed E-state index contributed by atoms with van der Waals surface area (Å²) in [6.07, 6.45) is 2.97. The number of pyridine rings is 1. The molecule has 3 rings (SSSR count). The molecule has 18 heavy (non-hydrogen) atoms. The lowest BCUT2D eigenvalue weighted by Crippen LogP contribution is -1.92. The Morgan fingerprint density at radius 3 is 2.89 bits per heavy atom. The molecule has 3 nitrogen and oxygen atoms in total. The molecule has 0 saturated heterocycles. The average Bonchev–Trinajstić information content (AvgIpc) is 2.85. The summed E-state index contributed by atoms with van der Waals surface area (Å²) in [7, 11) is 1.65. The summed E-state index contributed by atoms with van der Waals surface area (Å²) in [5, 5.41) is 3.37. The fraction of sp³-hybridized carbons (Fsp3) is 0.267. The first-order valence-electron chi connectivity index (χ1n) is 6.16. The van der Waals surface area contributed by atoms with Crippen LogP contribution in [0, 0.1) is 6.92 Å². The number of aryl methyl sites for hydroxylation is 1. The van der Waals surface area contributed by atoms with Crippen molar-refractivity contribution in [3.05, 3.63) is 41.6 Å². The molecule has 0 unspecified atom stereocenters. The van der Waals surface area contributed by atoms with Crippen molar-refractivity contribution < 1.29 is 4.74 Å². The van der Waals surface area contributed by atoms with Gasteiger partial charge in [0.1, 0.15) is 0 Å². The molecule has 0 bridgehead atoms. The first-order chi connectivity index (χ1) is 8.78. The van der Waals surface area contributed by atoms with Crippen LogP contribution in [0.25, 0.3) is 11.1 Å². The number of rotatable bonds is 2. The summed E-state index contributed by atoms with van der Waals surface area (Å²) in [6, 6.07) is 8.66. The highest BCUT2D eigenvalue weighted by Gasteiger charge is 2.11. The summed E-state index contributed by atoms with van der Waals surface area (Å²) in [5.74, 6) is 0.696. The van der Waals surface area contributed by atoms with Gasteiger partial charge in [0.05, 0.1) is 7.11 Å². The van der Waals surface area contributed by atoms with Crippen molar-refractivity contribution in [2.75, 3.05) is 19.0 Å². The van der Waals surface area contributed by atoms with Crippen LogP contribution in [0.5, 0.6) is 5.88 Å². The van der Waals surface area contributed by atoms with Crippen LogP contribution in [-0.2, 0) is 6.42 Å². The summed E-state index contributed by atoms with van der Waals surface area (Å²) in [4.78, 5) is 4.33. The molecule has 0 radical (unpaired) electrons. The van der Waals surface area contributed by atoms with E-state index in [0.717, 1.165) is 24.1 Å². The van der Waals surface area contributed by atoms with Gasteiger partial charge in [0.2, 0.25) is 5.88 Å². The number of nitrogens with zero attached hydrogens (tertiary/aromatic N) is 1. The molecule has 0 aliphatic carbocycles. The van der Waals surface area contributed by atoms with Crippen LogP contribution >= 0.6 is 0 Å². The molecule has 0 saturated carbocycles. The highest BCUT2D eigenvalue weighted by molar-refractivity contribution is 5.70. The molecular formula is C15H16N2O. The van der Waals surface area contributed by atoms with Gasteiger partial charge in [-0.3, -0.25) is 0 Å². The van der Waals surface area contributed by atoms with Crippen LogP contribution in [0.4, 0.5) is 5.69 Å². The van der Waals surface area contributed by atoms with Crippen LogP contribution in [-0.4, -0.2) is 18.6 Å². The van der Waals surface area contributed by atoms with Crippen LogP contribution in [0.1, 0.15) is 11.1 Å². The quantitative estimate of drug-likeness (QED) is 0.876. The van der Waals surface area contributed by atoms with Crippen LogP contribution in [0.3, 0.4) is 0 Å². The molecule has 0 spiro atoms. The van der Waals surface area contributed by atoms with Crippen molar-refractivity contribution >= 4 is 5.69 Å². The number of hydrogen-bond donors (Lipinski definition) is 1. The molecular weight excluding hydrogens is 224 g/mol. The van der Waals surface area contributed by atoms with Gasteiger partial charge in [-0.05, 0) is 42.7 Å². The van der Waals surface area contributed by atoms with E-state index in [0.29, 0.717) is 5.88 Å². The van der Waals surface area contributed by atoms with E-state index in [1.54, 1.807) is 7.11 Å². The number of fused-ring (bicyclic) bond motifs is 1. The van der Waals surface area contributed by atoms with E-state index in [9.17, 15) is 0 Å². The van der Waals surface area contributed by atoms with Gasteiger partial charge in [0.15, 0.2) is 0 Å². The first kappa shape index (κ1) is 11.1. The predicted molar refractivity (Wildman–Crippen MR) is 73.2 cm³/mol. The maximum absolute atomic E-state index is 5.19. The van der Waals surface area contributed by atoms with Crippen molar-refractivity contribution in [3.8, 4) is 17.0 Å². The third kappa shape index (κ3) is 1.82. The second kappa shape index (κ2) is 4.33. The van der Waals surface area contributed by atoms with Gasteiger partial charge in [-0.1, -0.05) is 6.07 Å². The molecule has 92 valence electrons. The number of nitrogens with one attached hydrogen (secondary N) is 1. The second-order valence-electron chi connectivity index (χ2n) is 4.60. The number of aromatic nitrogens is 1. The largest absolute Gasteiger partial charge is 0.481 e. The molecule has 3 heteroatoms. The van der Waals surface area contributed by atoms with Crippen molar-refractivity contribution in [1.29, 1.82) is 0 Å². The molecule has 1 aromatic carbocycles. The third-order valence-corrected chi connectivity index (χ3v) is 3.37. The molecule has 0 atom stereocenters.